The number of fused-ring (bicyclic) bond motifs is 1. The summed E-state index contributed by atoms with van der Waals surface area (Å²) in [7, 11) is -3.13. The molecule has 128 valence electrons. The summed E-state index contributed by atoms with van der Waals surface area (Å²) in [6.45, 7) is 3.75. The number of hydrogen-bond donors (Lipinski definition) is 2. The summed E-state index contributed by atoms with van der Waals surface area (Å²) in [5.41, 5.74) is 0.148. The van der Waals surface area contributed by atoms with Gasteiger partial charge in [0.2, 0.25) is 0 Å². The fourth-order valence-corrected chi connectivity index (χ4v) is 2.99. The van der Waals surface area contributed by atoms with E-state index in [4.69, 9.17) is 4.74 Å². The highest BCUT2D eigenvalue weighted by molar-refractivity contribution is 7.90. The Kier molecular flexibility index (Phi) is 4.84. The van der Waals surface area contributed by atoms with Crippen LogP contribution in [-0.2, 0) is 9.84 Å². The first-order valence-electron chi connectivity index (χ1n) is 7.26. The molecule has 23 heavy (non-hydrogen) atoms. The molecular weight excluding hydrogens is 323 g/mol. The van der Waals surface area contributed by atoms with Crippen LogP contribution in [0.4, 0.5) is 9.18 Å². The molecule has 2 amide bonds. The molecule has 1 heterocycles. The fourth-order valence-electron chi connectivity index (χ4n) is 2.51. The Morgan fingerprint density at radius 3 is 2.78 bits per heavy atom. The molecule has 8 heteroatoms. The van der Waals surface area contributed by atoms with Gasteiger partial charge in [-0.05, 0) is 19.9 Å². The molecule has 0 bridgehead atoms. The van der Waals surface area contributed by atoms with Crippen molar-refractivity contribution in [2.24, 2.45) is 0 Å². The number of ether oxygens (including phenoxy) is 1. The molecule has 0 spiro atoms. The van der Waals surface area contributed by atoms with Crippen molar-refractivity contribution in [2.75, 3.05) is 18.6 Å². The maximum atomic E-state index is 13.4. The number of nitrogens with one attached hydrogen (secondary N) is 2. The molecular formula is C15H21FN2O4S. The molecule has 0 radical (unpaired) electrons. The van der Waals surface area contributed by atoms with Gasteiger partial charge < -0.3 is 15.4 Å². The van der Waals surface area contributed by atoms with Crippen LogP contribution in [0.1, 0.15) is 31.9 Å². The number of carbonyl (C=O) groups is 1. The molecule has 0 fully saturated rings. The van der Waals surface area contributed by atoms with Crippen molar-refractivity contribution in [2.45, 2.75) is 31.9 Å². The van der Waals surface area contributed by atoms with E-state index in [-0.39, 0.29) is 18.3 Å². The number of hydrogen-bond acceptors (Lipinski definition) is 4. The molecule has 1 aromatic rings. The topological polar surface area (TPSA) is 84.5 Å². The first kappa shape index (κ1) is 17.5. The zero-order valence-electron chi connectivity index (χ0n) is 13.3. The number of sulfone groups is 1. The molecule has 0 saturated carbocycles. The Labute approximate surface area is 135 Å². The molecule has 6 nitrogen and oxygen atoms in total. The number of urea groups is 1. The van der Waals surface area contributed by atoms with E-state index in [1.54, 1.807) is 6.07 Å². The van der Waals surface area contributed by atoms with Gasteiger partial charge in [0.1, 0.15) is 27.0 Å². The molecule has 1 unspecified atom stereocenters. The molecule has 1 atom stereocenters. The van der Waals surface area contributed by atoms with Gasteiger partial charge in [-0.15, -0.1) is 0 Å². The van der Waals surface area contributed by atoms with Crippen LogP contribution in [0.15, 0.2) is 18.2 Å². The molecule has 0 saturated heterocycles. The molecule has 2 rings (SSSR count). The second-order valence-corrected chi connectivity index (χ2v) is 8.59. The van der Waals surface area contributed by atoms with Gasteiger partial charge in [-0.3, -0.25) is 0 Å². The molecule has 1 aliphatic rings. The van der Waals surface area contributed by atoms with E-state index < -0.39 is 27.3 Å². The number of rotatable bonds is 4. The Morgan fingerprint density at radius 2 is 2.13 bits per heavy atom. The van der Waals surface area contributed by atoms with Gasteiger partial charge in [0.25, 0.3) is 0 Å². The van der Waals surface area contributed by atoms with Crippen LogP contribution in [0.25, 0.3) is 0 Å². The average Bonchev–Trinajstić information content (AvgIpc) is 2.34. The Morgan fingerprint density at radius 1 is 1.43 bits per heavy atom. The quantitative estimate of drug-likeness (QED) is 0.872. The Bertz CT molecular complexity index is 703. The van der Waals surface area contributed by atoms with Crippen LogP contribution in [-0.4, -0.2) is 38.6 Å². The lowest BCUT2D eigenvalue weighted by Gasteiger charge is -2.37. The largest absolute Gasteiger partial charge is 0.487 e. The standard InChI is InChI=1S/C15H21FN2O4S/c1-15(2)9-12(11-5-4-10(16)8-13(11)22-15)18-14(19)17-6-7-23(3,20)21/h4-5,8,12H,6-7,9H2,1-3H3,(H2,17,18,19). The van der Waals surface area contributed by atoms with Crippen molar-refractivity contribution < 1.29 is 22.3 Å². The lowest BCUT2D eigenvalue weighted by Crippen LogP contribution is -2.45. The summed E-state index contributed by atoms with van der Waals surface area (Å²) in [5, 5.41) is 5.30. The lowest BCUT2D eigenvalue weighted by molar-refractivity contribution is 0.0674. The van der Waals surface area contributed by atoms with E-state index in [0.29, 0.717) is 17.7 Å². The summed E-state index contributed by atoms with van der Waals surface area (Å²) in [6, 6.07) is 3.39. The molecule has 1 aromatic carbocycles. The van der Waals surface area contributed by atoms with Gasteiger partial charge in [0.15, 0.2) is 0 Å². The summed E-state index contributed by atoms with van der Waals surface area (Å²) in [5.74, 6) is -0.123. The van der Waals surface area contributed by atoms with Crippen molar-refractivity contribution in [3.8, 4) is 5.75 Å². The van der Waals surface area contributed by atoms with Crippen molar-refractivity contribution >= 4 is 15.9 Å². The molecule has 1 aliphatic heterocycles. The highest BCUT2D eigenvalue weighted by Gasteiger charge is 2.34. The van der Waals surface area contributed by atoms with Crippen LogP contribution in [0.5, 0.6) is 5.75 Å². The average molecular weight is 344 g/mol. The first-order chi connectivity index (χ1) is 10.6. The van der Waals surface area contributed by atoms with Crippen molar-refractivity contribution in [1.82, 2.24) is 10.6 Å². The van der Waals surface area contributed by atoms with Gasteiger partial charge in [0, 0.05) is 30.9 Å². The zero-order chi connectivity index (χ0) is 17.3. The maximum Gasteiger partial charge on any atom is 0.315 e. The van der Waals surface area contributed by atoms with Crippen LogP contribution in [0.2, 0.25) is 0 Å². The highest BCUT2D eigenvalue weighted by Crippen LogP contribution is 2.39. The minimum absolute atomic E-state index is 0.0353. The molecule has 0 aromatic heterocycles. The Balaban J connectivity index is 2.06. The number of amides is 2. The van der Waals surface area contributed by atoms with Gasteiger partial charge in [0.05, 0.1) is 11.8 Å². The summed E-state index contributed by atoms with van der Waals surface area (Å²) < 4.78 is 41.2. The van der Waals surface area contributed by atoms with E-state index in [1.807, 2.05) is 13.8 Å². The number of carbonyl (C=O) groups excluding carboxylic acids is 1. The smallest absolute Gasteiger partial charge is 0.315 e. The fraction of sp³-hybridized carbons (Fsp3) is 0.533. The van der Waals surface area contributed by atoms with Gasteiger partial charge >= 0.3 is 6.03 Å². The van der Waals surface area contributed by atoms with Crippen molar-refractivity contribution in [3.05, 3.63) is 29.6 Å². The van der Waals surface area contributed by atoms with E-state index in [0.717, 1.165) is 6.26 Å². The van der Waals surface area contributed by atoms with E-state index >= 15 is 0 Å². The second kappa shape index (κ2) is 6.35. The van der Waals surface area contributed by atoms with E-state index in [2.05, 4.69) is 10.6 Å². The predicted molar refractivity (Wildman–Crippen MR) is 84.7 cm³/mol. The van der Waals surface area contributed by atoms with Crippen molar-refractivity contribution in [1.29, 1.82) is 0 Å². The first-order valence-corrected chi connectivity index (χ1v) is 9.32. The van der Waals surface area contributed by atoms with Crippen LogP contribution in [0.3, 0.4) is 0 Å². The zero-order valence-corrected chi connectivity index (χ0v) is 14.2. The number of benzene rings is 1. The van der Waals surface area contributed by atoms with Crippen LogP contribution in [0, 0.1) is 5.82 Å². The Hall–Kier alpha value is -1.83. The van der Waals surface area contributed by atoms with Crippen LogP contribution < -0.4 is 15.4 Å². The van der Waals surface area contributed by atoms with Crippen LogP contribution >= 0.6 is 0 Å². The third-order valence-corrected chi connectivity index (χ3v) is 4.44. The second-order valence-electron chi connectivity index (χ2n) is 6.33. The summed E-state index contributed by atoms with van der Waals surface area (Å²) in [4.78, 5) is 12.0. The lowest BCUT2D eigenvalue weighted by atomic mass is 9.90. The van der Waals surface area contributed by atoms with Gasteiger partial charge in [-0.2, -0.15) is 0 Å². The maximum absolute atomic E-state index is 13.4. The third-order valence-electron chi connectivity index (χ3n) is 3.50. The summed E-state index contributed by atoms with van der Waals surface area (Å²) in [6.07, 6.45) is 1.63. The van der Waals surface area contributed by atoms with Gasteiger partial charge in [-0.25, -0.2) is 17.6 Å². The molecule has 2 N–H and O–H groups in total. The highest BCUT2D eigenvalue weighted by atomic mass is 32.2. The normalized spacial score (nSPS) is 19.4. The monoisotopic (exact) mass is 344 g/mol. The van der Waals surface area contributed by atoms with Gasteiger partial charge in [-0.1, -0.05) is 6.07 Å². The molecule has 0 aliphatic carbocycles. The summed E-state index contributed by atoms with van der Waals surface area (Å²) >= 11 is 0. The number of halogens is 1. The van der Waals surface area contributed by atoms with E-state index in [9.17, 15) is 17.6 Å². The van der Waals surface area contributed by atoms with E-state index in [1.165, 1.54) is 12.1 Å². The van der Waals surface area contributed by atoms with Crippen molar-refractivity contribution in [3.63, 3.8) is 0 Å². The third kappa shape index (κ3) is 5.09. The SMILES string of the molecule is CC1(C)CC(NC(=O)NCCS(C)(=O)=O)c2ccc(F)cc2O1. The predicted octanol–water partition coefficient (Wildman–Crippen LogP) is 1.77. The minimum Gasteiger partial charge on any atom is -0.487 e. The minimum atomic E-state index is -3.13.